The molecule has 2 aromatic rings. The summed E-state index contributed by atoms with van der Waals surface area (Å²) in [7, 11) is 0. The Hall–Kier alpha value is -2.89. The number of benzene rings is 1. The van der Waals surface area contributed by atoms with Crippen molar-refractivity contribution in [3.8, 4) is 0 Å². The lowest BCUT2D eigenvalue weighted by Crippen LogP contribution is -2.45. The van der Waals surface area contributed by atoms with E-state index in [9.17, 15) is 9.59 Å². The molecule has 0 saturated heterocycles. The highest BCUT2D eigenvalue weighted by Crippen LogP contribution is 2.29. The molecule has 1 amide bonds. The fraction of sp³-hybridized carbons (Fsp3) is 0.278. The first-order valence-electron chi connectivity index (χ1n) is 7.84. The maximum Gasteiger partial charge on any atom is 0.416 e. The second kappa shape index (κ2) is 7.12. The summed E-state index contributed by atoms with van der Waals surface area (Å²) in [6.07, 6.45) is 3.65. The Balaban J connectivity index is 1.77. The summed E-state index contributed by atoms with van der Waals surface area (Å²) in [5, 5.41) is 9.13. The van der Waals surface area contributed by atoms with Crippen LogP contribution in [-0.2, 0) is 11.3 Å². The summed E-state index contributed by atoms with van der Waals surface area (Å²) in [6.45, 7) is 0.168. The molecule has 1 heterocycles. The van der Waals surface area contributed by atoms with Crippen molar-refractivity contribution in [2.24, 2.45) is 0 Å². The molecule has 6 nitrogen and oxygen atoms in total. The van der Waals surface area contributed by atoms with Crippen molar-refractivity contribution in [2.45, 2.75) is 31.9 Å². The molecule has 1 saturated carbocycles. The molecule has 124 valence electrons. The summed E-state index contributed by atoms with van der Waals surface area (Å²) < 4.78 is 5.40. The molecule has 0 aliphatic heterocycles. The number of pyridine rings is 1. The molecular formula is C18H18N2O4. The van der Waals surface area contributed by atoms with E-state index in [-0.39, 0.29) is 18.2 Å². The van der Waals surface area contributed by atoms with Gasteiger partial charge in [0.15, 0.2) is 0 Å². The van der Waals surface area contributed by atoms with Crippen LogP contribution in [-0.4, -0.2) is 28.2 Å². The highest BCUT2D eigenvalue weighted by Gasteiger charge is 2.32. The fourth-order valence-electron chi connectivity index (χ4n) is 2.55. The average molecular weight is 326 g/mol. The van der Waals surface area contributed by atoms with Crippen molar-refractivity contribution in [1.82, 2.24) is 4.98 Å². The molecular weight excluding hydrogens is 308 g/mol. The second-order valence-electron chi connectivity index (χ2n) is 5.70. The Morgan fingerprint density at radius 3 is 2.58 bits per heavy atom. The molecule has 0 bridgehead atoms. The van der Waals surface area contributed by atoms with Crippen LogP contribution < -0.4 is 4.90 Å². The number of aromatic nitrogens is 1. The molecule has 0 unspecified atom stereocenters. The third-order valence-electron chi connectivity index (χ3n) is 4.08. The van der Waals surface area contributed by atoms with Crippen molar-refractivity contribution in [3.63, 3.8) is 0 Å². The van der Waals surface area contributed by atoms with Crippen LogP contribution in [0.4, 0.5) is 10.6 Å². The van der Waals surface area contributed by atoms with Crippen LogP contribution in [0.2, 0.25) is 0 Å². The predicted octanol–water partition coefficient (Wildman–Crippen LogP) is 3.48. The highest BCUT2D eigenvalue weighted by atomic mass is 16.6. The Morgan fingerprint density at radius 1 is 1.21 bits per heavy atom. The zero-order valence-electron chi connectivity index (χ0n) is 13.1. The normalized spacial score (nSPS) is 13.8. The zero-order chi connectivity index (χ0) is 16.9. The highest BCUT2D eigenvalue weighted by molar-refractivity contribution is 5.91. The number of carbonyl (C=O) groups is 2. The number of carboxylic acid groups (broad SMARTS) is 1. The van der Waals surface area contributed by atoms with Crippen molar-refractivity contribution in [1.29, 1.82) is 0 Å². The van der Waals surface area contributed by atoms with Gasteiger partial charge in [0.2, 0.25) is 0 Å². The van der Waals surface area contributed by atoms with Gasteiger partial charge in [-0.1, -0.05) is 30.3 Å². The number of nitrogens with zero attached hydrogens (tertiary/aromatic N) is 2. The van der Waals surface area contributed by atoms with Gasteiger partial charge in [0, 0.05) is 12.2 Å². The average Bonchev–Trinajstić information content (AvgIpc) is 2.56. The van der Waals surface area contributed by atoms with Gasteiger partial charge >= 0.3 is 12.1 Å². The second-order valence-corrected chi connectivity index (χ2v) is 5.70. The van der Waals surface area contributed by atoms with Crippen LogP contribution in [0.1, 0.15) is 35.2 Å². The SMILES string of the molecule is O=C(O)c1ccnc(N(C(=O)OCc2ccccc2)C2CCC2)c1. The van der Waals surface area contributed by atoms with Gasteiger partial charge in [-0.15, -0.1) is 0 Å². The first kappa shape index (κ1) is 16.0. The van der Waals surface area contributed by atoms with Crippen LogP contribution in [0.3, 0.4) is 0 Å². The molecule has 1 aliphatic carbocycles. The van der Waals surface area contributed by atoms with Crippen LogP contribution in [0.15, 0.2) is 48.7 Å². The van der Waals surface area contributed by atoms with E-state index in [2.05, 4.69) is 4.98 Å². The van der Waals surface area contributed by atoms with Gasteiger partial charge in [0.1, 0.15) is 12.4 Å². The molecule has 3 rings (SSSR count). The zero-order valence-corrected chi connectivity index (χ0v) is 13.1. The van der Waals surface area contributed by atoms with Crippen LogP contribution >= 0.6 is 0 Å². The first-order chi connectivity index (χ1) is 11.6. The molecule has 1 aromatic carbocycles. The number of amides is 1. The van der Waals surface area contributed by atoms with Crippen molar-refractivity contribution >= 4 is 17.9 Å². The number of anilines is 1. The first-order valence-corrected chi connectivity index (χ1v) is 7.84. The van der Waals surface area contributed by atoms with E-state index in [0.29, 0.717) is 5.82 Å². The van der Waals surface area contributed by atoms with Gasteiger partial charge in [0.25, 0.3) is 0 Å². The third kappa shape index (κ3) is 3.53. The monoisotopic (exact) mass is 326 g/mol. The molecule has 1 aromatic heterocycles. The van der Waals surface area contributed by atoms with Crippen LogP contribution in [0.5, 0.6) is 0 Å². The van der Waals surface area contributed by atoms with Gasteiger partial charge in [-0.2, -0.15) is 0 Å². The predicted molar refractivity (Wildman–Crippen MR) is 87.9 cm³/mol. The molecule has 0 radical (unpaired) electrons. The summed E-state index contributed by atoms with van der Waals surface area (Å²) >= 11 is 0. The molecule has 6 heteroatoms. The smallest absolute Gasteiger partial charge is 0.416 e. The van der Waals surface area contributed by atoms with Gasteiger partial charge < -0.3 is 9.84 Å². The quantitative estimate of drug-likeness (QED) is 0.910. The number of hydrogen-bond acceptors (Lipinski definition) is 4. The fourth-order valence-corrected chi connectivity index (χ4v) is 2.55. The summed E-state index contributed by atoms with van der Waals surface area (Å²) in [6, 6.07) is 12.2. The van der Waals surface area contributed by atoms with Gasteiger partial charge in [-0.3, -0.25) is 4.90 Å². The minimum atomic E-state index is -1.05. The summed E-state index contributed by atoms with van der Waals surface area (Å²) in [4.78, 5) is 29.3. The van der Waals surface area contributed by atoms with Gasteiger partial charge in [0.05, 0.1) is 5.56 Å². The minimum absolute atomic E-state index is 0.00446. The molecule has 1 fully saturated rings. The Kier molecular flexibility index (Phi) is 4.74. The lowest BCUT2D eigenvalue weighted by molar-refractivity contribution is 0.0696. The van der Waals surface area contributed by atoms with Crippen molar-refractivity contribution in [3.05, 3.63) is 59.8 Å². The van der Waals surface area contributed by atoms with E-state index in [1.54, 1.807) is 0 Å². The van der Waals surface area contributed by atoms with E-state index in [0.717, 1.165) is 24.8 Å². The molecule has 0 spiro atoms. The number of hydrogen-bond donors (Lipinski definition) is 1. The van der Waals surface area contributed by atoms with Crippen LogP contribution in [0.25, 0.3) is 0 Å². The number of rotatable bonds is 5. The van der Waals surface area contributed by atoms with E-state index in [1.165, 1.54) is 23.2 Å². The maximum atomic E-state index is 12.5. The third-order valence-corrected chi connectivity index (χ3v) is 4.08. The standard InChI is InChI=1S/C18H18N2O4/c21-17(22)14-9-10-19-16(11-14)20(15-7-4-8-15)18(23)24-12-13-5-2-1-3-6-13/h1-3,5-6,9-11,15H,4,7-8,12H2,(H,21,22). The van der Waals surface area contributed by atoms with E-state index in [4.69, 9.17) is 9.84 Å². The minimum Gasteiger partial charge on any atom is -0.478 e. The maximum absolute atomic E-state index is 12.5. The summed E-state index contributed by atoms with van der Waals surface area (Å²) in [5.74, 6) is -0.734. The molecule has 0 atom stereocenters. The van der Waals surface area contributed by atoms with Crippen molar-refractivity contribution < 1.29 is 19.4 Å². The lowest BCUT2D eigenvalue weighted by atomic mass is 9.91. The number of ether oxygens (including phenoxy) is 1. The Bertz CT molecular complexity index is 729. The van der Waals surface area contributed by atoms with E-state index >= 15 is 0 Å². The van der Waals surface area contributed by atoms with Crippen molar-refractivity contribution in [2.75, 3.05) is 4.90 Å². The molecule has 1 aliphatic rings. The number of carboxylic acids is 1. The summed E-state index contributed by atoms with van der Waals surface area (Å²) in [5.41, 5.74) is 0.992. The van der Waals surface area contributed by atoms with E-state index < -0.39 is 12.1 Å². The van der Waals surface area contributed by atoms with E-state index in [1.807, 2.05) is 30.3 Å². The number of aromatic carboxylic acids is 1. The topological polar surface area (TPSA) is 79.7 Å². The van der Waals surface area contributed by atoms with Gasteiger partial charge in [-0.05, 0) is 37.0 Å². The lowest BCUT2D eigenvalue weighted by Gasteiger charge is -2.35. The van der Waals surface area contributed by atoms with Crippen LogP contribution in [0, 0.1) is 0 Å². The Labute approximate surface area is 139 Å². The molecule has 24 heavy (non-hydrogen) atoms. The Morgan fingerprint density at radius 2 is 1.96 bits per heavy atom. The number of carbonyl (C=O) groups excluding carboxylic acids is 1. The molecule has 1 N–H and O–H groups in total. The van der Waals surface area contributed by atoms with Gasteiger partial charge in [-0.25, -0.2) is 14.6 Å². The largest absolute Gasteiger partial charge is 0.478 e.